The summed E-state index contributed by atoms with van der Waals surface area (Å²) in [5, 5.41) is 4.14. The fourth-order valence-electron chi connectivity index (χ4n) is 3.66. The van der Waals surface area contributed by atoms with Crippen molar-refractivity contribution < 1.29 is 14.3 Å². The molecule has 8 nitrogen and oxygen atoms in total. The van der Waals surface area contributed by atoms with Crippen molar-refractivity contribution in [3.8, 4) is 5.69 Å². The highest BCUT2D eigenvalue weighted by molar-refractivity contribution is 6.34. The lowest BCUT2D eigenvalue weighted by molar-refractivity contribution is 0.0735. The van der Waals surface area contributed by atoms with Gasteiger partial charge < -0.3 is 9.64 Å². The van der Waals surface area contributed by atoms with Crippen LogP contribution in [0.3, 0.4) is 0 Å². The summed E-state index contributed by atoms with van der Waals surface area (Å²) in [6.07, 6.45) is 4.34. The Morgan fingerprint density at radius 3 is 3.19 bits per heavy atom. The third kappa shape index (κ3) is 2.86. The molecule has 1 aromatic heterocycles. The van der Waals surface area contributed by atoms with E-state index in [1.54, 1.807) is 34.0 Å². The molecular weight excluding hydrogens is 370 g/mol. The van der Waals surface area contributed by atoms with Crippen molar-refractivity contribution in [3.05, 3.63) is 46.5 Å². The van der Waals surface area contributed by atoms with Crippen LogP contribution in [0.5, 0.6) is 0 Å². The van der Waals surface area contributed by atoms with Crippen LogP contribution in [-0.2, 0) is 4.74 Å². The van der Waals surface area contributed by atoms with Crippen LogP contribution in [0.15, 0.2) is 29.6 Å². The van der Waals surface area contributed by atoms with Gasteiger partial charge in [0.05, 0.1) is 34.6 Å². The van der Waals surface area contributed by atoms with E-state index in [1.165, 1.54) is 6.40 Å². The minimum absolute atomic E-state index is 0.123. The fraction of sp³-hybridized carbons (Fsp3) is 0.333. The van der Waals surface area contributed by atoms with Crippen molar-refractivity contribution in [2.24, 2.45) is 5.10 Å². The molecule has 3 heterocycles. The molecule has 0 saturated carbocycles. The van der Waals surface area contributed by atoms with Crippen molar-refractivity contribution in [1.29, 1.82) is 0 Å². The average molecular weight is 388 g/mol. The average Bonchev–Trinajstić information content (AvgIpc) is 3.29. The number of aromatic nitrogens is 2. The zero-order valence-electron chi connectivity index (χ0n) is 14.7. The minimum Gasteiger partial charge on any atom is -0.482 e. The first-order chi connectivity index (χ1) is 13.1. The lowest BCUT2D eigenvalue weighted by Gasteiger charge is -2.23. The van der Waals surface area contributed by atoms with E-state index >= 15 is 0 Å². The maximum Gasteiger partial charge on any atom is 0.292 e. The molecule has 1 fully saturated rings. The van der Waals surface area contributed by atoms with Crippen LogP contribution in [0, 0.1) is 0 Å². The first-order valence-corrected chi connectivity index (χ1v) is 9.11. The van der Waals surface area contributed by atoms with Crippen LogP contribution < -0.4 is 5.43 Å². The second kappa shape index (κ2) is 7.03. The lowest BCUT2D eigenvalue weighted by atomic mass is 10.1. The molecule has 140 valence electrons. The summed E-state index contributed by atoms with van der Waals surface area (Å²) in [4.78, 5) is 31.8. The van der Waals surface area contributed by atoms with Crippen LogP contribution in [0.1, 0.15) is 52.3 Å². The van der Waals surface area contributed by atoms with E-state index in [0.29, 0.717) is 35.1 Å². The van der Waals surface area contributed by atoms with Crippen molar-refractivity contribution >= 4 is 29.8 Å². The number of nitrogens with one attached hydrogen (secondary N) is 1. The van der Waals surface area contributed by atoms with Gasteiger partial charge in [-0.15, -0.1) is 5.10 Å². The second-order valence-corrected chi connectivity index (χ2v) is 6.68. The first kappa shape index (κ1) is 17.5. The van der Waals surface area contributed by atoms with Crippen molar-refractivity contribution in [3.63, 3.8) is 0 Å². The van der Waals surface area contributed by atoms with Crippen LogP contribution in [0.2, 0.25) is 5.02 Å². The molecule has 1 N–H and O–H groups in total. The number of ether oxygens (including phenoxy) is 1. The Hall–Kier alpha value is -2.87. The zero-order valence-corrected chi connectivity index (χ0v) is 15.4. The van der Waals surface area contributed by atoms with Crippen molar-refractivity contribution in [1.82, 2.24) is 19.9 Å². The van der Waals surface area contributed by atoms with Crippen molar-refractivity contribution in [2.45, 2.75) is 25.8 Å². The SMILES string of the molecule is CCOC=NNC(=O)c1ncn2c1[C@@H]1CCCN1C(=O)c1c(Cl)cccc1-2. The van der Waals surface area contributed by atoms with E-state index in [1.807, 2.05) is 6.92 Å². The number of carbonyl (C=O) groups excluding carboxylic acids is 2. The van der Waals surface area contributed by atoms with E-state index in [2.05, 4.69) is 15.5 Å². The third-order valence-corrected chi connectivity index (χ3v) is 5.09. The second-order valence-electron chi connectivity index (χ2n) is 6.27. The van der Waals surface area contributed by atoms with Gasteiger partial charge in [0, 0.05) is 6.54 Å². The number of rotatable bonds is 4. The number of benzene rings is 1. The topological polar surface area (TPSA) is 88.8 Å². The predicted molar refractivity (Wildman–Crippen MR) is 99.2 cm³/mol. The third-order valence-electron chi connectivity index (χ3n) is 4.77. The summed E-state index contributed by atoms with van der Waals surface area (Å²) in [7, 11) is 0. The zero-order chi connectivity index (χ0) is 19.0. The Labute approximate surface area is 160 Å². The molecule has 0 bridgehead atoms. The van der Waals surface area contributed by atoms with Gasteiger partial charge in [-0.25, -0.2) is 10.4 Å². The highest BCUT2D eigenvalue weighted by Crippen LogP contribution is 2.41. The van der Waals surface area contributed by atoms with Crippen LogP contribution >= 0.6 is 11.6 Å². The van der Waals surface area contributed by atoms with E-state index < -0.39 is 5.91 Å². The van der Waals surface area contributed by atoms with E-state index in [-0.39, 0.29) is 17.6 Å². The Bertz CT molecular complexity index is 939. The molecule has 0 radical (unpaired) electrons. The van der Waals surface area contributed by atoms with Crippen LogP contribution in [0.25, 0.3) is 5.69 Å². The summed E-state index contributed by atoms with van der Waals surface area (Å²) < 4.78 is 6.77. The predicted octanol–water partition coefficient (Wildman–Crippen LogP) is 2.53. The summed E-state index contributed by atoms with van der Waals surface area (Å²) in [6, 6.07) is 5.05. The molecule has 1 aromatic carbocycles. The Morgan fingerprint density at radius 1 is 1.52 bits per heavy atom. The number of amides is 2. The summed E-state index contributed by atoms with van der Waals surface area (Å²) >= 11 is 6.34. The molecule has 2 aliphatic heterocycles. The Balaban J connectivity index is 1.82. The standard InChI is InChI=1S/C18H18ClN5O3/c1-2-27-10-21-22-17(25)15-16-13-7-4-8-23(13)18(26)14-11(19)5-3-6-12(14)24(16)9-20-15/h3,5-6,9-10,13H,2,4,7-8H2,1H3,(H,22,25)/t13-/m0/s1. The number of hydrogen-bond donors (Lipinski definition) is 1. The number of hydrogen-bond acceptors (Lipinski definition) is 5. The molecule has 9 heteroatoms. The first-order valence-electron chi connectivity index (χ1n) is 8.74. The minimum atomic E-state index is -0.454. The van der Waals surface area contributed by atoms with E-state index in [0.717, 1.165) is 12.8 Å². The highest BCUT2D eigenvalue weighted by atomic mass is 35.5. The monoisotopic (exact) mass is 387 g/mol. The van der Waals surface area contributed by atoms with Crippen LogP contribution in [-0.4, -0.2) is 45.8 Å². The molecule has 0 unspecified atom stereocenters. The molecule has 2 aliphatic rings. The maximum atomic E-state index is 13.1. The number of halogens is 1. The van der Waals surface area contributed by atoms with Gasteiger partial charge in [-0.05, 0) is 31.9 Å². The molecule has 2 amide bonds. The summed E-state index contributed by atoms with van der Waals surface area (Å²) in [5.41, 5.74) is 4.39. The molecule has 27 heavy (non-hydrogen) atoms. The number of hydrazone groups is 1. The molecule has 1 atom stereocenters. The molecule has 0 spiro atoms. The molecule has 2 aromatic rings. The summed E-state index contributed by atoms with van der Waals surface area (Å²) in [6.45, 7) is 2.89. The number of carbonyl (C=O) groups is 2. The van der Waals surface area contributed by atoms with Gasteiger partial charge in [-0.3, -0.25) is 14.2 Å². The van der Waals surface area contributed by atoms with Gasteiger partial charge in [0.15, 0.2) is 12.1 Å². The lowest BCUT2D eigenvalue weighted by Crippen LogP contribution is -2.31. The maximum absolute atomic E-state index is 13.1. The van der Waals surface area contributed by atoms with E-state index in [9.17, 15) is 9.59 Å². The van der Waals surface area contributed by atoms with Gasteiger partial charge in [-0.1, -0.05) is 17.7 Å². The Morgan fingerprint density at radius 2 is 2.37 bits per heavy atom. The van der Waals surface area contributed by atoms with Crippen molar-refractivity contribution in [2.75, 3.05) is 13.2 Å². The fourth-order valence-corrected chi connectivity index (χ4v) is 3.91. The highest BCUT2D eigenvalue weighted by Gasteiger charge is 2.40. The smallest absolute Gasteiger partial charge is 0.292 e. The molecular formula is C18H18ClN5O3. The molecule has 1 saturated heterocycles. The van der Waals surface area contributed by atoms with E-state index in [4.69, 9.17) is 16.3 Å². The number of imidazole rings is 1. The van der Waals surface area contributed by atoms with Gasteiger partial charge in [0.25, 0.3) is 11.8 Å². The van der Waals surface area contributed by atoms with Crippen LogP contribution in [0.4, 0.5) is 0 Å². The summed E-state index contributed by atoms with van der Waals surface area (Å²) in [5.74, 6) is -0.577. The van der Waals surface area contributed by atoms with Gasteiger partial charge in [-0.2, -0.15) is 0 Å². The largest absolute Gasteiger partial charge is 0.482 e. The normalized spacial score (nSPS) is 18.1. The quantitative estimate of drug-likeness (QED) is 0.496. The number of nitrogens with zero attached hydrogens (tertiary/aromatic N) is 4. The van der Waals surface area contributed by atoms with Gasteiger partial charge in [0.1, 0.15) is 6.33 Å². The molecule has 4 rings (SSSR count). The molecule has 0 aliphatic carbocycles. The van der Waals surface area contributed by atoms with Gasteiger partial charge >= 0.3 is 0 Å². The van der Waals surface area contributed by atoms with Gasteiger partial charge in [0.2, 0.25) is 0 Å². The Kier molecular flexibility index (Phi) is 4.57. The number of fused-ring (bicyclic) bond motifs is 5.